The molecule has 0 amide bonds. The Kier molecular flexibility index (Phi) is 3.37. The maximum absolute atomic E-state index is 11.2. The highest BCUT2D eigenvalue weighted by molar-refractivity contribution is 5.87. The van der Waals surface area contributed by atoms with Crippen LogP contribution in [0.2, 0.25) is 0 Å². The average Bonchev–Trinajstić information content (AvgIpc) is 2.71. The molecule has 94 valence electrons. The van der Waals surface area contributed by atoms with Crippen molar-refractivity contribution in [2.24, 2.45) is 0 Å². The van der Waals surface area contributed by atoms with E-state index in [4.69, 9.17) is 4.74 Å². The van der Waals surface area contributed by atoms with Gasteiger partial charge in [0.15, 0.2) is 0 Å². The summed E-state index contributed by atoms with van der Waals surface area (Å²) in [6, 6.07) is 9.40. The van der Waals surface area contributed by atoms with Gasteiger partial charge in [-0.15, -0.1) is 0 Å². The van der Waals surface area contributed by atoms with Crippen molar-refractivity contribution in [2.75, 3.05) is 7.11 Å². The zero-order chi connectivity index (χ0) is 13.1. The summed E-state index contributed by atoms with van der Waals surface area (Å²) in [4.78, 5) is 11.2. The SMILES string of the molecule is COc1ccccc1Cn1ccc(C)c1C(=O)O. The molecule has 0 spiro atoms. The summed E-state index contributed by atoms with van der Waals surface area (Å²) in [5, 5.41) is 9.19. The van der Waals surface area contributed by atoms with E-state index in [0.717, 1.165) is 16.9 Å². The van der Waals surface area contributed by atoms with Crippen LogP contribution < -0.4 is 4.74 Å². The van der Waals surface area contributed by atoms with Crippen molar-refractivity contribution in [1.82, 2.24) is 4.57 Å². The first-order valence-corrected chi connectivity index (χ1v) is 5.64. The van der Waals surface area contributed by atoms with E-state index < -0.39 is 5.97 Å². The lowest BCUT2D eigenvalue weighted by Crippen LogP contribution is -2.10. The van der Waals surface area contributed by atoms with E-state index in [-0.39, 0.29) is 0 Å². The van der Waals surface area contributed by atoms with Crippen molar-refractivity contribution in [3.8, 4) is 5.75 Å². The van der Waals surface area contributed by atoms with Gasteiger partial charge in [0.25, 0.3) is 0 Å². The number of carbonyl (C=O) groups is 1. The number of benzene rings is 1. The van der Waals surface area contributed by atoms with Crippen molar-refractivity contribution in [2.45, 2.75) is 13.5 Å². The minimum atomic E-state index is -0.910. The van der Waals surface area contributed by atoms with E-state index >= 15 is 0 Å². The average molecular weight is 245 g/mol. The normalized spacial score (nSPS) is 10.3. The van der Waals surface area contributed by atoms with E-state index in [2.05, 4.69) is 0 Å². The molecule has 2 aromatic rings. The van der Waals surface area contributed by atoms with Crippen LogP contribution in [0.3, 0.4) is 0 Å². The van der Waals surface area contributed by atoms with Gasteiger partial charge in [0.05, 0.1) is 13.7 Å². The first-order chi connectivity index (χ1) is 8.63. The monoisotopic (exact) mass is 245 g/mol. The van der Waals surface area contributed by atoms with Crippen molar-refractivity contribution in [3.63, 3.8) is 0 Å². The highest BCUT2D eigenvalue weighted by atomic mass is 16.5. The molecule has 0 fully saturated rings. The summed E-state index contributed by atoms with van der Waals surface area (Å²) in [6.07, 6.45) is 1.78. The highest BCUT2D eigenvalue weighted by Gasteiger charge is 2.14. The summed E-state index contributed by atoms with van der Waals surface area (Å²) in [5.41, 5.74) is 2.04. The van der Waals surface area contributed by atoms with E-state index in [1.165, 1.54) is 0 Å². The van der Waals surface area contributed by atoms with Crippen molar-refractivity contribution < 1.29 is 14.6 Å². The number of carboxylic acid groups (broad SMARTS) is 1. The first kappa shape index (κ1) is 12.2. The molecule has 18 heavy (non-hydrogen) atoms. The fourth-order valence-corrected chi connectivity index (χ4v) is 2.02. The number of carboxylic acids is 1. The van der Waals surface area contributed by atoms with Gasteiger partial charge in [-0.25, -0.2) is 4.79 Å². The van der Waals surface area contributed by atoms with E-state index in [0.29, 0.717) is 12.2 Å². The van der Waals surface area contributed by atoms with Crippen LogP contribution in [0.1, 0.15) is 21.6 Å². The van der Waals surface area contributed by atoms with Gasteiger partial charge in [0, 0.05) is 11.8 Å². The molecular formula is C14H15NO3. The lowest BCUT2D eigenvalue weighted by Gasteiger charge is -2.11. The second-order valence-corrected chi connectivity index (χ2v) is 4.09. The molecule has 0 saturated heterocycles. The van der Waals surface area contributed by atoms with Crippen molar-refractivity contribution in [3.05, 3.63) is 53.3 Å². The fourth-order valence-electron chi connectivity index (χ4n) is 2.02. The van der Waals surface area contributed by atoms with Gasteiger partial charge in [-0.05, 0) is 24.6 Å². The molecule has 0 bridgehead atoms. The number of hydrogen-bond donors (Lipinski definition) is 1. The van der Waals surface area contributed by atoms with Gasteiger partial charge in [-0.3, -0.25) is 0 Å². The van der Waals surface area contributed by atoms with Crippen molar-refractivity contribution >= 4 is 5.97 Å². The molecule has 2 rings (SSSR count). The van der Waals surface area contributed by atoms with Crippen LogP contribution in [-0.4, -0.2) is 22.8 Å². The molecule has 4 heteroatoms. The minimum Gasteiger partial charge on any atom is -0.496 e. The summed E-state index contributed by atoms with van der Waals surface area (Å²) in [5.74, 6) is -0.146. The van der Waals surface area contributed by atoms with Crippen LogP contribution in [0, 0.1) is 6.92 Å². The van der Waals surface area contributed by atoms with Gasteiger partial charge in [0.2, 0.25) is 0 Å². The molecule has 0 atom stereocenters. The predicted octanol–water partition coefficient (Wildman–Crippen LogP) is 2.55. The number of aromatic nitrogens is 1. The molecule has 0 saturated carbocycles. The molecule has 1 heterocycles. The fraction of sp³-hybridized carbons (Fsp3) is 0.214. The second-order valence-electron chi connectivity index (χ2n) is 4.09. The maximum atomic E-state index is 11.2. The number of methoxy groups -OCH3 is 1. The Labute approximate surface area is 105 Å². The predicted molar refractivity (Wildman–Crippen MR) is 68.2 cm³/mol. The molecule has 1 aromatic heterocycles. The van der Waals surface area contributed by atoms with Crippen LogP contribution in [0.5, 0.6) is 5.75 Å². The summed E-state index contributed by atoms with van der Waals surface area (Å²) in [6.45, 7) is 2.28. The van der Waals surface area contributed by atoms with Gasteiger partial charge < -0.3 is 14.4 Å². The number of aryl methyl sites for hydroxylation is 1. The molecule has 0 unspecified atom stereocenters. The Bertz CT molecular complexity index is 572. The number of para-hydroxylation sites is 1. The Hall–Kier alpha value is -2.23. The van der Waals surface area contributed by atoms with Gasteiger partial charge in [0.1, 0.15) is 11.4 Å². The zero-order valence-electron chi connectivity index (χ0n) is 10.4. The van der Waals surface area contributed by atoms with E-state index in [1.807, 2.05) is 24.3 Å². The second kappa shape index (κ2) is 4.96. The Morgan fingerprint density at radius 1 is 1.33 bits per heavy atom. The van der Waals surface area contributed by atoms with Gasteiger partial charge in [-0.1, -0.05) is 18.2 Å². The lowest BCUT2D eigenvalue weighted by molar-refractivity contribution is 0.0685. The Balaban J connectivity index is 2.37. The molecule has 4 nitrogen and oxygen atoms in total. The smallest absolute Gasteiger partial charge is 0.352 e. The molecule has 0 radical (unpaired) electrons. The molecule has 1 N–H and O–H groups in total. The zero-order valence-corrected chi connectivity index (χ0v) is 10.4. The van der Waals surface area contributed by atoms with Crippen LogP contribution >= 0.6 is 0 Å². The number of nitrogens with zero attached hydrogens (tertiary/aromatic N) is 1. The lowest BCUT2D eigenvalue weighted by atomic mass is 10.2. The third kappa shape index (κ3) is 2.22. The molecule has 0 aliphatic heterocycles. The summed E-state index contributed by atoms with van der Waals surface area (Å²) < 4.78 is 6.98. The van der Waals surface area contributed by atoms with Crippen molar-refractivity contribution in [1.29, 1.82) is 0 Å². The summed E-state index contributed by atoms with van der Waals surface area (Å²) >= 11 is 0. The minimum absolute atomic E-state index is 0.320. The molecule has 1 aromatic carbocycles. The Morgan fingerprint density at radius 3 is 2.72 bits per heavy atom. The quantitative estimate of drug-likeness (QED) is 0.900. The summed E-state index contributed by atoms with van der Waals surface area (Å²) in [7, 11) is 1.61. The van der Waals surface area contributed by atoms with Gasteiger partial charge >= 0.3 is 5.97 Å². The third-order valence-electron chi connectivity index (χ3n) is 2.90. The number of rotatable bonds is 4. The standard InChI is InChI=1S/C14H15NO3/c1-10-7-8-15(13(10)14(16)17)9-11-5-3-4-6-12(11)18-2/h3-8H,9H2,1-2H3,(H,16,17). The number of aromatic carboxylic acids is 1. The maximum Gasteiger partial charge on any atom is 0.352 e. The largest absolute Gasteiger partial charge is 0.496 e. The first-order valence-electron chi connectivity index (χ1n) is 5.64. The van der Waals surface area contributed by atoms with Crippen LogP contribution in [-0.2, 0) is 6.54 Å². The van der Waals surface area contributed by atoms with E-state index in [9.17, 15) is 9.90 Å². The van der Waals surface area contributed by atoms with Gasteiger partial charge in [-0.2, -0.15) is 0 Å². The topological polar surface area (TPSA) is 51.5 Å². The van der Waals surface area contributed by atoms with Crippen LogP contribution in [0.15, 0.2) is 36.5 Å². The van der Waals surface area contributed by atoms with E-state index in [1.54, 1.807) is 30.9 Å². The molecule has 0 aliphatic rings. The highest BCUT2D eigenvalue weighted by Crippen LogP contribution is 2.20. The molecule has 0 aliphatic carbocycles. The van der Waals surface area contributed by atoms with Crippen LogP contribution in [0.4, 0.5) is 0 Å². The number of hydrogen-bond acceptors (Lipinski definition) is 2. The van der Waals surface area contributed by atoms with Crippen LogP contribution in [0.25, 0.3) is 0 Å². The Morgan fingerprint density at radius 2 is 2.06 bits per heavy atom. The third-order valence-corrected chi connectivity index (χ3v) is 2.90. The molecular weight excluding hydrogens is 230 g/mol. The number of ether oxygens (including phenoxy) is 1.